The van der Waals surface area contributed by atoms with Crippen LogP contribution in [0.3, 0.4) is 0 Å². The molecule has 18 nitrogen and oxygen atoms in total. The first-order chi connectivity index (χ1) is 22.6. The fourth-order valence-electron chi connectivity index (χ4n) is 5.18. The third-order valence-electron chi connectivity index (χ3n) is 7.74. The maximum Gasteiger partial charge on any atom is 0.317 e. The van der Waals surface area contributed by atoms with Gasteiger partial charge < -0.3 is 74.1 Å². The number of esters is 1. The smallest absolute Gasteiger partial charge is 0.317 e. The largest absolute Gasteiger partial charge is 0.507 e. The number of phenols is 3. The highest BCUT2D eigenvalue weighted by molar-refractivity contribution is 5.90. The van der Waals surface area contributed by atoms with E-state index in [-0.39, 0.29) is 28.0 Å². The minimum Gasteiger partial charge on any atom is -0.507 e. The Kier molecular flexibility index (Phi) is 10.1. The van der Waals surface area contributed by atoms with Crippen molar-refractivity contribution in [3.8, 4) is 34.3 Å². The van der Waals surface area contributed by atoms with Gasteiger partial charge in [-0.05, 0) is 25.1 Å². The maximum atomic E-state index is 12.9. The molecule has 2 saturated heterocycles. The van der Waals surface area contributed by atoms with Crippen LogP contribution in [-0.4, -0.2) is 126 Å². The molecule has 0 spiro atoms. The summed E-state index contributed by atoms with van der Waals surface area (Å²) in [5, 5.41) is 91.4. The Morgan fingerprint density at radius 1 is 0.812 bits per heavy atom. The van der Waals surface area contributed by atoms with Gasteiger partial charge in [-0.2, -0.15) is 0 Å². The highest BCUT2D eigenvalue weighted by Crippen LogP contribution is 2.36. The van der Waals surface area contributed by atoms with Gasteiger partial charge in [-0.1, -0.05) is 0 Å². The summed E-state index contributed by atoms with van der Waals surface area (Å²) >= 11 is 0. The van der Waals surface area contributed by atoms with Crippen LogP contribution >= 0.6 is 0 Å². The predicted octanol–water partition coefficient (Wildman–Crippen LogP) is -1.37. The van der Waals surface area contributed by atoms with Crippen molar-refractivity contribution in [2.24, 2.45) is 0 Å². The molecule has 3 heterocycles. The molecule has 2 aromatic carbocycles. The zero-order chi connectivity index (χ0) is 35.0. The van der Waals surface area contributed by atoms with E-state index in [0.29, 0.717) is 0 Å². The number of aliphatic hydroxyl groups is 5. The van der Waals surface area contributed by atoms with E-state index in [1.165, 1.54) is 13.0 Å². The van der Waals surface area contributed by atoms with Crippen molar-refractivity contribution in [2.45, 2.75) is 74.8 Å². The van der Waals surface area contributed by atoms with Gasteiger partial charge in [0.2, 0.25) is 6.29 Å². The van der Waals surface area contributed by atoms with Crippen LogP contribution < -0.4 is 10.2 Å². The van der Waals surface area contributed by atoms with Crippen molar-refractivity contribution in [1.29, 1.82) is 0 Å². The molecule has 0 aliphatic carbocycles. The molecule has 9 N–H and O–H groups in total. The first-order valence-electron chi connectivity index (χ1n) is 14.4. The summed E-state index contributed by atoms with van der Waals surface area (Å²) in [6, 6.07) is 6.82. The van der Waals surface area contributed by atoms with Crippen LogP contribution in [0.5, 0.6) is 23.0 Å². The second-order valence-electron chi connectivity index (χ2n) is 11.2. The van der Waals surface area contributed by atoms with Crippen molar-refractivity contribution in [3.63, 3.8) is 0 Å². The van der Waals surface area contributed by atoms with E-state index >= 15 is 0 Å². The Morgan fingerprint density at radius 3 is 2.23 bits per heavy atom. The fraction of sp³-hybridized carbons (Fsp3) is 0.433. The zero-order valence-corrected chi connectivity index (χ0v) is 24.9. The number of hydrogen-bond donors (Lipinski definition) is 9. The van der Waals surface area contributed by atoms with Gasteiger partial charge in [0.25, 0.3) is 0 Å². The van der Waals surface area contributed by atoms with E-state index in [4.69, 9.17) is 33.2 Å². The standard InChI is InChI=1S/C30H32O18/c1-10-23(38)25(40)27(42)29(44-10)48-28-26(41)24(39)19(9-43-21(37)8-20(35)36)47-30(28)45-12-5-15(33)22-16(34)7-17(46-18(22)6-12)11-2-3-13(31)14(32)4-11/h2-7,10,19,23-33,38-42H,8-9H2,1H3,(H,35,36)/t10?,19?,23-,24+,25-,26-,27?,28?,29-,30+/m0/s1. The van der Waals surface area contributed by atoms with E-state index < -0.39 is 109 Å². The number of phenolic OH excluding ortho intramolecular Hbond substituents is 3. The quantitative estimate of drug-likeness (QED) is 0.0716. The van der Waals surface area contributed by atoms with Gasteiger partial charge in [0, 0.05) is 23.8 Å². The minimum atomic E-state index is -1.94. The maximum absolute atomic E-state index is 12.9. The molecule has 2 aliphatic heterocycles. The van der Waals surface area contributed by atoms with Crippen LogP contribution in [-0.2, 0) is 28.5 Å². The van der Waals surface area contributed by atoms with Crippen LogP contribution in [0, 0.1) is 0 Å². The van der Waals surface area contributed by atoms with Gasteiger partial charge in [0.1, 0.15) is 77.9 Å². The Balaban J connectivity index is 1.48. The second kappa shape index (κ2) is 13.9. The summed E-state index contributed by atoms with van der Waals surface area (Å²) in [6.07, 6.45) is -17.8. The molecule has 2 aliphatic rings. The molecule has 10 atom stereocenters. The number of ether oxygens (including phenoxy) is 5. The van der Waals surface area contributed by atoms with Crippen molar-refractivity contribution in [1.82, 2.24) is 0 Å². The SMILES string of the molecule is CC1O[C@@H](OC2[C@H](Oc3cc(O)c4c(=O)cc(-c5ccc(O)c(O)c5)oc4c3)OC(COC(=O)CC(=O)O)[C@@H](O)[C@@H]2O)C(O)[C@@H](O)[C@H]1O. The van der Waals surface area contributed by atoms with Crippen LogP contribution in [0.4, 0.5) is 0 Å². The van der Waals surface area contributed by atoms with Crippen molar-refractivity contribution in [2.75, 3.05) is 6.61 Å². The molecular formula is C30H32O18. The molecule has 18 heteroatoms. The number of rotatable bonds is 9. The van der Waals surface area contributed by atoms with E-state index in [9.17, 15) is 55.2 Å². The summed E-state index contributed by atoms with van der Waals surface area (Å²) in [5.74, 6) is -4.56. The van der Waals surface area contributed by atoms with Gasteiger partial charge in [-0.25, -0.2) is 0 Å². The average Bonchev–Trinajstić information content (AvgIpc) is 3.02. The number of fused-ring (bicyclic) bond motifs is 1. The van der Waals surface area contributed by atoms with Crippen LogP contribution in [0.1, 0.15) is 13.3 Å². The normalized spacial score (nSPS) is 30.5. The first kappa shape index (κ1) is 34.8. The molecule has 0 amide bonds. The molecule has 48 heavy (non-hydrogen) atoms. The summed E-state index contributed by atoms with van der Waals surface area (Å²) in [6.45, 7) is 0.607. The minimum absolute atomic E-state index is 0.0745. The molecule has 0 saturated carbocycles. The van der Waals surface area contributed by atoms with Crippen LogP contribution in [0.2, 0.25) is 0 Å². The number of benzene rings is 2. The summed E-state index contributed by atoms with van der Waals surface area (Å²) in [4.78, 5) is 35.6. The number of carbonyl (C=O) groups excluding carboxylic acids is 1. The highest BCUT2D eigenvalue weighted by Gasteiger charge is 2.51. The monoisotopic (exact) mass is 680 g/mol. The second-order valence-corrected chi connectivity index (χ2v) is 11.2. The predicted molar refractivity (Wildman–Crippen MR) is 155 cm³/mol. The summed E-state index contributed by atoms with van der Waals surface area (Å²) < 4.78 is 33.3. The van der Waals surface area contributed by atoms with Crippen molar-refractivity contribution < 1.29 is 83.6 Å². The van der Waals surface area contributed by atoms with Crippen molar-refractivity contribution in [3.05, 3.63) is 46.6 Å². The Labute approximate surface area is 269 Å². The van der Waals surface area contributed by atoms with Crippen LogP contribution in [0.15, 0.2) is 45.6 Å². The number of aliphatic carboxylic acids is 1. The third kappa shape index (κ3) is 7.15. The molecule has 260 valence electrons. The van der Waals surface area contributed by atoms with Gasteiger partial charge in [-0.15, -0.1) is 0 Å². The third-order valence-corrected chi connectivity index (χ3v) is 7.74. The lowest BCUT2D eigenvalue weighted by Gasteiger charge is -2.45. The zero-order valence-electron chi connectivity index (χ0n) is 24.9. The van der Waals surface area contributed by atoms with Crippen LogP contribution in [0.25, 0.3) is 22.3 Å². The number of carbonyl (C=O) groups is 2. The first-order valence-corrected chi connectivity index (χ1v) is 14.4. The topological polar surface area (TPSA) is 293 Å². The lowest BCUT2D eigenvalue weighted by molar-refractivity contribution is -0.354. The Hall–Kier alpha value is -4.53. The van der Waals surface area contributed by atoms with E-state index in [0.717, 1.165) is 30.3 Å². The lowest BCUT2D eigenvalue weighted by Crippen LogP contribution is -2.64. The van der Waals surface area contributed by atoms with E-state index in [1.54, 1.807) is 0 Å². The molecule has 2 fully saturated rings. The van der Waals surface area contributed by atoms with Gasteiger partial charge >= 0.3 is 11.9 Å². The molecule has 0 radical (unpaired) electrons. The number of carboxylic acids is 1. The molecule has 4 unspecified atom stereocenters. The molecule has 5 rings (SSSR count). The number of aliphatic hydroxyl groups excluding tert-OH is 5. The highest BCUT2D eigenvalue weighted by atomic mass is 16.8. The Bertz CT molecular complexity index is 1720. The molecule has 0 bridgehead atoms. The average molecular weight is 681 g/mol. The number of aromatic hydroxyl groups is 3. The van der Waals surface area contributed by atoms with Gasteiger partial charge in [0.15, 0.2) is 29.3 Å². The molecular weight excluding hydrogens is 648 g/mol. The van der Waals surface area contributed by atoms with E-state index in [2.05, 4.69) is 0 Å². The number of hydrogen-bond acceptors (Lipinski definition) is 17. The summed E-state index contributed by atoms with van der Waals surface area (Å²) in [5.41, 5.74) is -0.743. The lowest BCUT2D eigenvalue weighted by atomic mass is 9.97. The Morgan fingerprint density at radius 2 is 1.54 bits per heavy atom. The molecule has 1 aromatic heterocycles. The van der Waals surface area contributed by atoms with Gasteiger partial charge in [-0.3, -0.25) is 14.4 Å². The molecule has 3 aromatic rings. The van der Waals surface area contributed by atoms with Gasteiger partial charge in [0.05, 0.1) is 6.10 Å². The number of carboxylic acid groups (broad SMARTS) is 1. The summed E-state index contributed by atoms with van der Waals surface area (Å²) in [7, 11) is 0. The van der Waals surface area contributed by atoms with Crippen molar-refractivity contribution >= 4 is 22.9 Å². The van der Waals surface area contributed by atoms with E-state index in [1.807, 2.05) is 0 Å². The fourth-order valence-corrected chi connectivity index (χ4v) is 5.18.